The van der Waals surface area contributed by atoms with Crippen LogP contribution in [0.5, 0.6) is 0 Å². The first kappa shape index (κ1) is 20.3. The third-order valence-corrected chi connectivity index (χ3v) is 5.32. The third-order valence-electron chi connectivity index (χ3n) is 4.31. The molecule has 6 heteroatoms. The molecule has 0 bridgehead atoms. The molecular formula is C23H22N4OS. The number of thiazole rings is 1. The monoisotopic (exact) mass is 402 g/mol. The Morgan fingerprint density at radius 2 is 1.79 bits per heavy atom. The van der Waals surface area contributed by atoms with Gasteiger partial charge in [-0.25, -0.2) is 4.98 Å². The minimum Gasteiger partial charge on any atom is -0.378 e. The zero-order valence-corrected chi connectivity index (χ0v) is 17.7. The lowest BCUT2D eigenvalue weighted by Crippen LogP contribution is -2.07. The van der Waals surface area contributed by atoms with Crippen molar-refractivity contribution < 1.29 is 4.79 Å². The maximum absolute atomic E-state index is 11.7. The minimum atomic E-state index is -0.171. The van der Waals surface area contributed by atoms with Gasteiger partial charge in [-0.3, -0.25) is 4.79 Å². The number of carbonyl (C=O) groups excluding carboxylic acids is 1. The number of nitrogens with one attached hydrogen (secondary N) is 1. The SMILES string of the molecule is CC(=O)Nc1sc(C(C#N)=Cc2ccc(N(C)C)cc2)nc1-c1ccc(C)cc1. The van der Waals surface area contributed by atoms with Crippen molar-refractivity contribution in [3.05, 3.63) is 64.7 Å². The Balaban J connectivity index is 2.02. The van der Waals surface area contributed by atoms with Crippen molar-refractivity contribution in [3.63, 3.8) is 0 Å². The largest absolute Gasteiger partial charge is 0.378 e. The normalized spacial score (nSPS) is 11.1. The smallest absolute Gasteiger partial charge is 0.221 e. The number of benzene rings is 2. The molecule has 0 unspecified atom stereocenters. The van der Waals surface area contributed by atoms with Gasteiger partial charge in [-0.15, -0.1) is 0 Å². The molecule has 0 atom stereocenters. The summed E-state index contributed by atoms with van der Waals surface area (Å²) in [5.41, 5.74) is 5.17. The standard InChI is InChI=1S/C23H22N4OS/c1-15-5-9-18(10-6-15)21-23(25-16(2)28)29-22(26-21)19(14-24)13-17-7-11-20(12-8-17)27(3)4/h5-13H,1-4H3,(H,25,28). The number of anilines is 2. The topological polar surface area (TPSA) is 69.0 Å². The second kappa shape index (κ2) is 8.72. The van der Waals surface area contributed by atoms with E-state index in [1.54, 1.807) is 0 Å². The van der Waals surface area contributed by atoms with Gasteiger partial charge >= 0.3 is 0 Å². The van der Waals surface area contributed by atoms with Gasteiger partial charge in [0.2, 0.25) is 5.91 Å². The minimum absolute atomic E-state index is 0.171. The van der Waals surface area contributed by atoms with Crippen LogP contribution >= 0.6 is 11.3 Å². The summed E-state index contributed by atoms with van der Waals surface area (Å²) in [5, 5.41) is 13.8. The molecular weight excluding hydrogens is 380 g/mol. The molecule has 0 saturated carbocycles. The molecule has 0 radical (unpaired) electrons. The molecule has 0 fully saturated rings. The average molecular weight is 403 g/mol. The Hall–Kier alpha value is -3.43. The van der Waals surface area contributed by atoms with Crippen molar-refractivity contribution in [2.75, 3.05) is 24.3 Å². The van der Waals surface area contributed by atoms with Crippen molar-refractivity contribution in [2.24, 2.45) is 0 Å². The number of carbonyl (C=O) groups is 1. The molecule has 1 amide bonds. The molecule has 1 heterocycles. The van der Waals surface area contributed by atoms with Crippen LogP contribution in [-0.2, 0) is 4.79 Å². The molecule has 0 aliphatic carbocycles. The van der Waals surface area contributed by atoms with Gasteiger partial charge in [0.25, 0.3) is 0 Å². The van der Waals surface area contributed by atoms with Crippen LogP contribution in [0.4, 0.5) is 10.7 Å². The van der Waals surface area contributed by atoms with Crippen molar-refractivity contribution >= 4 is 39.6 Å². The summed E-state index contributed by atoms with van der Waals surface area (Å²) in [7, 11) is 3.97. The van der Waals surface area contributed by atoms with Crippen LogP contribution < -0.4 is 10.2 Å². The molecule has 3 aromatic rings. The lowest BCUT2D eigenvalue weighted by molar-refractivity contribution is -0.114. The number of nitriles is 1. The number of aryl methyl sites for hydroxylation is 1. The highest BCUT2D eigenvalue weighted by molar-refractivity contribution is 7.17. The number of hydrogen-bond donors (Lipinski definition) is 1. The Morgan fingerprint density at radius 1 is 1.14 bits per heavy atom. The van der Waals surface area contributed by atoms with E-state index in [9.17, 15) is 10.1 Å². The van der Waals surface area contributed by atoms with E-state index >= 15 is 0 Å². The van der Waals surface area contributed by atoms with Crippen molar-refractivity contribution in [2.45, 2.75) is 13.8 Å². The lowest BCUT2D eigenvalue weighted by Gasteiger charge is -2.11. The van der Waals surface area contributed by atoms with Crippen LogP contribution in [0.25, 0.3) is 22.9 Å². The number of rotatable bonds is 5. The van der Waals surface area contributed by atoms with Crippen LogP contribution in [-0.4, -0.2) is 25.0 Å². The Labute approximate surface area is 174 Å². The van der Waals surface area contributed by atoms with Crippen LogP contribution in [0.1, 0.15) is 23.1 Å². The second-order valence-electron chi connectivity index (χ2n) is 6.90. The summed E-state index contributed by atoms with van der Waals surface area (Å²) in [6.45, 7) is 3.48. The summed E-state index contributed by atoms with van der Waals surface area (Å²) < 4.78 is 0. The van der Waals surface area contributed by atoms with E-state index in [4.69, 9.17) is 0 Å². The van der Waals surface area contributed by atoms with E-state index in [0.29, 0.717) is 21.3 Å². The summed E-state index contributed by atoms with van der Waals surface area (Å²) in [5.74, 6) is -0.171. The number of amides is 1. The van der Waals surface area contributed by atoms with Crippen LogP contribution in [0, 0.1) is 18.3 Å². The highest BCUT2D eigenvalue weighted by Crippen LogP contribution is 2.36. The van der Waals surface area contributed by atoms with Gasteiger partial charge in [0, 0.05) is 32.3 Å². The predicted octanol–water partition coefficient (Wildman–Crippen LogP) is 5.21. The maximum atomic E-state index is 11.7. The molecule has 2 aromatic carbocycles. The zero-order chi connectivity index (χ0) is 21.0. The number of allylic oxidation sites excluding steroid dienone is 1. The van der Waals surface area contributed by atoms with E-state index in [0.717, 1.165) is 22.4 Å². The van der Waals surface area contributed by atoms with Gasteiger partial charge < -0.3 is 10.2 Å². The fourth-order valence-corrected chi connectivity index (χ4v) is 3.76. The maximum Gasteiger partial charge on any atom is 0.221 e. The summed E-state index contributed by atoms with van der Waals surface area (Å²) >= 11 is 1.30. The first-order chi connectivity index (χ1) is 13.9. The first-order valence-electron chi connectivity index (χ1n) is 9.12. The molecule has 0 aliphatic rings. The quantitative estimate of drug-likeness (QED) is 0.595. The van der Waals surface area contributed by atoms with E-state index < -0.39 is 0 Å². The van der Waals surface area contributed by atoms with E-state index in [2.05, 4.69) is 16.4 Å². The van der Waals surface area contributed by atoms with Gasteiger partial charge in [-0.1, -0.05) is 53.3 Å². The number of nitrogens with zero attached hydrogens (tertiary/aromatic N) is 3. The highest BCUT2D eigenvalue weighted by atomic mass is 32.1. The second-order valence-corrected chi connectivity index (χ2v) is 7.90. The van der Waals surface area contributed by atoms with Crippen LogP contribution in [0.2, 0.25) is 0 Å². The number of aromatic nitrogens is 1. The van der Waals surface area contributed by atoms with Gasteiger partial charge in [-0.05, 0) is 30.7 Å². The van der Waals surface area contributed by atoms with Crippen molar-refractivity contribution in [3.8, 4) is 17.3 Å². The molecule has 146 valence electrons. The average Bonchev–Trinajstić information content (AvgIpc) is 3.09. The highest BCUT2D eigenvalue weighted by Gasteiger charge is 2.17. The molecule has 1 N–H and O–H groups in total. The summed E-state index contributed by atoms with van der Waals surface area (Å²) in [4.78, 5) is 18.4. The first-order valence-corrected chi connectivity index (χ1v) is 9.94. The summed E-state index contributed by atoms with van der Waals surface area (Å²) in [6, 6.07) is 18.1. The Morgan fingerprint density at radius 3 is 2.34 bits per heavy atom. The molecule has 0 aliphatic heterocycles. The third kappa shape index (κ3) is 4.89. The molecule has 29 heavy (non-hydrogen) atoms. The predicted molar refractivity (Wildman–Crippen MR) is 121 cm³/mol. The van der Waals surface area contributed by atoms with Gasteiger partial charge in [0.15, 0.2) is 0 Å². The lowest BCUT2D eigenvalue weighted by atomic mass is 10.1. The van der Waals surface area contributed by atoms with Crippen molar-refractivity contribution in [1.82, 2.24) is 4.98 Å². The van der Waals surface area contributed by atoms with E-state index in [1.165, 1.54) is 18.3 Å². The molecule has 1 aromatic heterocycles. The fourth-order valence-electron chi connectivity index (χ4n) is 2.76. The van der Waals surface area contributed by atoms with E-state index in [1.807, 2.05) is 80.5 Å². The van der Waals surface area contributed by atoms with Gasteiger partial charge in [-0.2, -0.15) is 5.26 Å². The zero-order valence-electron chi connectivity index (χ0n) is 16.9. The molecule has 0 spiro atoms. The Kier molecular flexibility index (Phi) is 6.10. The number of hydrogen-bond acceptors (Lipinski definition) is 5. The van der Waals surface area contributed by atoms with Crippen molar-refractivity contribution in [1.29, 1.82) is 5.26 Å². The van der Waals surface area contributed by atoms with Gasteiger partial charge in [0.1, 0.15) is 21.8 Å². The van der Waals surface area contributed by atoms with Crippen LogP contribution in [0.3, 0.4) is 0 Å². The molecule has 5 nitrogen and oxygen atoms in total. The molecule has 0 saturated heterocycles. The molecule has 3 rings (SSSR count). The Bertz CT molecular complexity index is 1090. The van der Waals surface area contributed by atoms with Gasteiger partial charge in [0.05, 0.1) is 5.57 Å². The summed E-state index contributed by atoms with van der Waals surface area (Å²) in [6.07, 6.45) is 1.81. The fraction of sp³-hybridized carbons (Fsp3) is 0.174. The van der Waals surface area contributed by atoms with Crippen LogP contribution in [0.15, 0.2) is 48.5 Å². The van der Waals surface area contributed by atoms with E-state index in [-0.39, 0.29) is 5.91 Å².